The lowest BCUT2D eigenvalue weighted by Crippen LogP contribution is -2.15. The second-order valence-electron chi connectivity index (χ2n) is 3.52. The number of amides is 1. The molecule has 0 saturated heterocycles. The third-order valence-electron chi connectivity index (χ3n) is 2.44. The Kier molecular flexibility index (Phi) is 2.32. The molecule has 0 spiro atoms. The number of fused-ring (bicyclic) bond motifs is 1. The highest BCUT2D eigenvalue weighted by atomic mass is 16.1. The summed E-state index contributed by atoms with van der Waals surface area (Å²) in [6, 6.07) is 10.7. The average Bonchev–Trinajstić information content (AvgIpc) is 2.27. The highest BCUT2D eigenvalue weighted by molar-refractivity contribution is 6.10. The SMILES string of the molecule is N=C(N)c1cc(C(N)=O)c2ccccc2c1. The molecule has 0 aliphatic rings. The molecule has 80 valence electrons. The van der Waals surface area contributed by atoms with Crippen molar-refractivity contribution in [1.82, 2.24) is 0 Å². The third-order valence-corrected chi connectivity index (χ3v) is 2.44. The molecule has 0 aliphatic carbocycles. The quantitative estimate of drug-likeness (QED) is 0.517. The molecule has 5 N–H and O–H groups in total. The summed E-state index contributed by atoms with van der Waals surface area (Å²) in [5, 5.41) is 9.00. The lowest BCUT2D eigenvalue weighted by molar-refractivity contribution is 0.100. The lowest BCUT2D eigenvalue weighted by Gasteiger charge is -2.06. The first-order chi connectivity index (χ1) is 7.59. The number of rotatable bonds is 2. The van der Waals surface area contributed by atoms with Gasteiger partial charge in [0.25, 0.3) is 0 Å². The molecule has 0 radical (unpaired) electrons. The van der Waals surface area contributed by atoms with Crippen molar-refractivity contribution in [1.29, 1.82) is 5.41 Å². The number of benzene rings is 2. The summed E-state index contributed by atoms with van der Waals surface area (Å²) in [5.41, 5.74) is 11.6. The van der Waals surface area contributed by atoms with Gasteiger partial charge in [0.1, 0.15) is 5.84 Å². The maximum atomic E-state index is 11.3. The standard InChI is InChI=1S/C12H11N3O/c13-11(14)8-5-7-3-1-2-4-9(7)10(6-8)12(15)16/h1-6H,(H3,13,14)(H2,15,16). The molecule has 1 amide bonds. The van der Waals surface area contributed by atoms with Crippen LogP contribution in [0.25, 0.3) is 10.8 Å². The van der Waals surface area contributed by atoms with E-state index in [2.05, 4.69) is 0 Å². The first-order valence-corrected chi connectivity index (χ1v) is 4.76. The summed E-state index contributed by atoms with van der Waals surface area (Å²) in [4.78, 5) is 11.3. The molecule has 2 aromatic rings. The molecule has 0 aromatic heterocycles. The van der Waals surface area contributed by atoms with Crippen LogP contribution in [0.15, 0.2) is 36.4 Å². The third kappa shape index (κ3) is 1.61. The van der Waals surface area contributed by atoms with Gasteiger partial charge in [-0.25, -0.2) is 0 Å². The highest BCUT2D eigenvalue weighted by Gasteiger charge is 2.09. The summed E-state index contributed by atoms with van der Waals surface area (Å²) >= 11 is 0. The first-order valence-electron chi connectivity index (χ1n) is 4.76. The fourth-order valence-electron chi connectivity index (χ4n) is 1.67. The molecule has 0 fully saturated rings. The zero-order valence-corrected chi connectivity index (χ0v) is 8.53. The second kappa shape index (κ2) is 3.66. The smallest absolute Gasteiger partial charge is 0.249 e. The largest absolute Gasteiger partial charge is 0.384 e. The lowest BCUT2D eigenvalue weighted by atomic mass is 10.00. The fraction of sp³-hybridized carbons (Fsp3) is 0. The fourth-order valence-corrected chi connectivity index (χ4v) is 1.67. The van der Waals surface area contributed by atoms with Crippen molar-refractivity contribution in [2.75, 3.05) is 0 Å². The molecule has 2 rings (SSSR count). The predicted octanol–water partition coefficient (Wildman–Crippen LogP) is 1.22. The topological polar surface area (TPSA) is 93.0 Å². The van der Waals surface area contributed by atoms with E-state index in [9.17, 15) is 4.79 Å². The normalized spacial score (nSPS) is 10.2. The van der Waals surface area contributed by atoms with Gasteiger partial charge in [-0.3, -0.25) is 10.2 Å². The summed E-state index contributed by atoms with van der Waals surface area (Å²) in [7, 11) is 0. The molecule has 0 unspecified atom stereocenters. The van der Waals surface area contributed by atoms with Crippen LogP contribution in [-0.4, -0.2) is 11.7 Å². The van der Waals surface area contributed by atoms with Gasteiger partial charge in [0.05, 0.1) is 0 Å². The number of carbonyl (C=O) groups excluding carboxylic acids is 1. The van der Waals surface area contributed by atoms with E-state index in [1.54, 1.807) is 12.1 Å². The van der Waals surface area contributed by atoms with Crippen LogP contribution in [-0.2, 0) is 0 Å². The summed E-state index contributed by atoms with van der Waals surface area (Å²) in [5.74, 6) is -0.590. The Morgan fingerprint density at radius 2 is 1.81 bits per heavy atom. The Balaban J connectivity index is 2.84. The first kappa shape index (κ1) is 10.2. The Bertz CT molecular complexity index is 590. The number of carbonyl (C=O) groups is 1. The Hall–Kier alpha value is -2.36. The minimum Gasteiger partial charge on any atom is -0.384 e. The Morgan fingerprint density at radius 1 is 1.12 bits per heavy atom. The number of nitrogen functional groups attached to an aromatic ring is 1. The molecule has 0 atom stereocenters. The van der Waals surface area contributed by atoms with Gasteiger partial charge in [-0.1, -0.05) is 24.3 Å². The molecule has 4 nitrogen and oxygen atoms in total. The maximum Gasteiger partial charge on any atom is 0.249 e. The van der Waals surface area contributed by atoms with Gasteiger partial charge >= 0.3 is 0 Å². The van der Waals surface area contributed by atoms with E-state index in [0.717, 1.165) is 10.8 Å². The zero-order valence-electron chi connectivity index (χ0n) is 8.53. The van der Waals surface area contributed by atoms with Crippen molar-refractivity contribution in [3.05, 3.63) is 47.5 Å². The van der Waals surface area contributed by atoms with E-state index in [1.807, 2.05) is 24.3 Å². The molecule has 2 aromatic carbocycles. The number of hydrogen-bond acceptors (Lipinski definition) is 2. The van der Waals surface area contributed by atoms with Gasteiger partial charge in [-0.2, -0.15) is 0 Å². The Morgan fingerprint density at radius 3 is 2.44 bits per heavy atom. The van der Waals surface area contributed by atoms with Gasteiger partial charge in [0.15, 0.2) is 0 Å². The van der Waals surface area contributed by atoms with Crippen molar-refractivity contribution < 1.29 is 4.79 Å². The zero-order chi connectivity index (χ0) is 11.7. The maximum absolute atomic E-state index is 11.3. The van der Waals surface area contributed by atoms with E-state index in [-0.39, 0.29) is 5.84 Å². The van der Waals surface area contributed by atoms with Crippen LogP contribution in [0.4, 0.5) is 0 Å². The van der Waals surface area contributed by atoms with Crippen molar-refractivity contribution in [3.8, 4) is 0 Å². The molecule has 16 heavy (non-hydrogen) atoms. The van der Waals surface area contributed by atoms with Crippen molar-refractivity contribution in [2.24, 2.45) is 11.5 Å². The van der Waals surface area contributed by atoms with E-state index in [4.69, 9.17) is 16.9 Å². The van der Waals surface area contributed by atoms with Crippen LogP contribution in [0, 0.1) is 5.41 Å². The molecule has 0 heterocycles. The van der Waals surface area contributed by atoms with E-state index >= 15 is 0 Å². The summed E-state index contributed by atoms with van der Waals surface area (Å²) < 4.78 is 0. The predicted molar refractivity (Wildman–Crippen MR) is 63.5 cm³/mol. The van der Waals surface area contributed by atoms with Crippen LogP contribution in [0.1, 0.15) is 15.9 Å². The van der Waals surface area contributed by atoms with Gasteiger partial charge in [0, 0.05) is 11.1 Å². The minimum absolute atomic E-state index is 0.0757. The van der Waals surface area contributed by atoms with Crippen molar-refractivity contribution in [2.45, 2.75) is 0 Å². The number of primary amides is 1. The van der Waals surface area contributed by atoms with Crippen molar-refractivity contribution >= 4 is 22.5 Å². The average molecular weight is 213 g/mol. The van der Waals surface area contributed by atoms with Gasteiger partial charge in [-0.15, -0.1) is 0 Å². The van der Waals surface area contributed by atoms with Crippen LogP contribution in [0.3, 0.4) is 0 Å². The molecular weight excluding hydrogens is 202 g/mol. The van der Waals surface area contributed by atoms with Gasteiger partial charge in [0.2, 0.25) is 5.91 Å². The van der Waals surface area contributed by atoms with E-state index in [1.165, 1.54) is 0 Å². The van der Waals surface area contributed by atoms with Crippen LogP contribution in [0.2, 0.25) is 0 Å². The monoisotopic (exact) mass is 213 g/mol. The number of nitrogens with two attached hydrogens (primary N) is 2. The van der Waals surface area contributed by atoms with Gasteiger partial charge < -0.3 is 11.5 Å². The highest BCUT2D eigenvalue weighted by Crippen LogP contribution is 2.20. The Labute approximate surface area is 92.4 Å². The van der Waals surface area contributed by atoms with E-state index in [0.29, 0.717) is 11.1 Å². The number of nitrogens with one attached hydrogen (secondary N) is 1. The summed E-state index contributed by atoms with van der Waals surface area (Å²) in [6.45, 7) is 0. The molecule has 0 bridgehead atoms. The number of hydrogen-bond donors (Lipinski definition) is 3. The summed E-state index contributed by atoms with van der Waals surface area (Å²) in [6.07, 6.45) is 0. The number of amidine groups is 1. The van der Waals surface area contributed by atoms with Gasteiger partial charge in [-0.05, 0) is 22.9 Å². The van der Waals surface area contributed by atoms with Crippen LogP contribution >= 0.6 is 0 Å². The minimum atomic E-state index is -0.515. The molecule has 0 saturated carbocycles. The molecular formula is C12H11N3O. The van der Waals surface area contributed by atoms with Crippen molar-refractivity contribution in [3.63, 3.8) is 0 Å². The second-order valence-corrected chi connectivity index (χ2v) is 3.52. The van der Waals surface area contributed by atoms with E-state index < -0.39 is 5.91 Å². The van der Waals surface area contributed by atoms with Crippen LogP contribution in [0.5, 0.6) is 0 Å². The molecule has 4 heteroatoms. The van der Waals surface area contributed by atoms with Crippen LogP contribution < -0.4 is 11.5 Å². The molecule has 0 aliphatic heterocycles.